The van der Waals surface area contributed by atoms with Gasteiger partial charge in [0, 0.05) is 39.9 Å². The van der Waals surface area contributed by atoms with Gasteiger partial charge >= 0.3 is 0 Å². The van der Waals surface area contributed by atoms with Crippen LogP contribution < -0.4 is 5.32 Å². The van der Waals surface area contributed by atoms with Gasteiger partial charge in [0.05, 0.1) is 0 Å². The molecule has 0 atom stereocenters. The van der Waals surface area contributed by atoms with Crippen LogP contribution in [-0.2, 0) is 25.9 Å². The molecule has 0 bridgehead atoms. The summed E-state index contributed by atoms with van der Waals surface area (Å²) in [5.41, 5.74) is 4.19. The molecule has 0 fully saturated rings. The van der Waals surface area contributed by atoms with E-state index in [0.717, 1.165) is 13.1 Å². The second-order valence-electron chi connectivity index (χ2n) is 5.47. The highest BCUT2D eigenvalue weighted by molar-refractivity contribution is 7.12. The molecule has 0 spiro atoms. The number of benzene rings is 1. The molecule has 1 aliphatic rings. The summed E-state index contributed by atoms with van der Waals surface area (Å²) in [5.74, 6) is 0. The molecule has 20 heavy (non-hydrogen) atoms. The molecular formula is C17H18N2S. The fourth-order valence-corrected chi connectivity index (χ4v) is 4.33. The van der Waals surface area contributed by atoms with E-state index in [0.29, 0.717) is 0 Å². The van der Waals surface area contributed by atoms with Gasteiger partial charge in [0.1, 0.15) is 0 Å². The second-order valence-corrected chi connectivity index (χ2v) is 6.70. The van der Waals surface area contributed by atoms with Crippen molar-refractivity contribution in [2.45, 2.75) is 32.4 Å². The highest BCUT2D eigenvalue weighted by atomic mass is 32.1. The molecular weight excluding hydrogens is 264 g/mol. The maximum atomic E-state index is 3.59. The first-order chi connectivity index (χ1) is 9.90. The summed E-state index contributed by atoms with van der Waals surface area (Å²) < 4.78 is 0. The van der Waals surface area contributed by atoms with Gasteiger partial charge in [-0.05, 0) is 48.6 Å². The van der Waals surface area contributed by atoms with E-state index >= 15 is 0 Å². The molecule has 0 saturated carbocycles. The Hall–Kier alpha value is -1.58. The topological polar surface area (TPSA) is 27.8 Å². The molecule has 1 aromatic carbocycles. The minimum atomic E-state index is 0.928. The quantitative estimate of drug-likeness (QED) is 0.743. The van der Waals surface area contributed by atoms with Crippen LogP contribution in [0.15, 0.2) is 36.5 Å². The van der Waals surface area contributed by atoms with Crippen molar-refractivity contribution in [3.05, 3.63) is 57.4 Å². The first kappa shape index (κ1) is 12.2. The number of nitrogens with one attached hydrogen (secondary N) is 2. The minimum Gasteiger partial charge on any atom is -0.361 e. The largest absolute Gasteiger partial charge is 0.361 e. The number of hydrogen-bond donors (Lipinski definition) is 2. The number of aryl methyl sites for hydroxylation is 2. The lowest BCUT2D eigenvalue weighted by molar-refractivity contribution is 0.704. The summed E-state index contributed by atoms with van der Waals surface area (Å²) in [6.45, 7) is 1.91. The Morgan fingerprint density at radius 2 is 2.15 bits per heavy atom. The van der Waals surface area contributed by atoms with E-state index in [9.17, 15) is 0 Å². The van der Waals surface area contributed by atoms with E-state index in [-0.39, 0.29) is 0 Å². The monoisotopic (exact) mass is 282 g/mol. The molecule has 0 unspecified atom stereocenters. The Balaban J connectivity index is 1.44. The first-order valence-corrected chi connectivity index (χ1v) is 8.08. The molecule has 4 rings (SSSR count). The predicted octanol–water partition coefficient (Wildman–Crippen LogP) is 4.01. The van der Waals surface area contributed by atoms with Gasteiger partial charge in [-0.3, -0.25) is 0 Å². The molecule has 0 amide bonds. The molecule has 0 saturated heterocycles. The van der Waals surface area contributed by atoms with Crippen LogP contribution in [-0.4, -0.2) is 4.98 Å². The third-order valence-corrected chi connectivity index (χ3v) is 5.33. The van der Waals surface area contributed by atoms with Gasteiger partial charge in [-0.2, -0.15) is 0 Å². The zero-order valence-electron chi connectivity index (χ0n) is 11.4. The summed E-state index contributed by atoms with van der Waals surface area (Å²) in [7, 11) is 0. The first-order valence-electron chi connectivity index (χ1n) is 7.26. The van der Waals surface area contributed by atoms with Crippen LogP contribution in [0.5, 0.6) is 0 Å². The summed E-state index contributed by atoms with van der Waals surface area (Å²) in [5, 5.41) is 4.91. The Morgan fingerprint density at radius 3 is 3.10 bits per heavy atom. The molecule has 0 aliphatic heterocycles. The lowest BCUT2D eigenvalue weighted by Crippen LogP contribution is -2.11. The summed E-state index contributed by atoms with van der Waals surface area (Å²) in [4.78, 5) is 6.37. The van der Waals surface area contributed by atoms with Crippen LogP contribution in [0.2, 0.25) is 0 Å². The van der Waals surface area contributed by atoms with Crippen molar-refractivity contribution < 1.29 is 0 Å². The van der Waals surface area contributed by atoms with Crippen molar-refractivity contribution in [2.24, 2.45) is 0 Å². The standard InChI is InChI=1S/C17H18N2S/c1-4-13(15-7-8-19-16(15)5-1)10-18-11-14-9-12-3-2-6-17(12)20-14/h1,4-5,7-9,18-19H,2-3,6,10-11H2. The van der Waals surface area contributed by atoms with Crippen molar-refractivity contribution in [2.75, 3.05) is 0 Å². The maximum Gasteiger partial charge on any atom is 0.0457 e. The minimum absolute atomic E-state index is 0.928. The van der Waals surface area contributed by atoms with Crippen LogP contribution in [0.1, 0.15) is 27.3 Å². The molecule has 3 heteroatoms. The van der Waals surface area contributed by atoms with Crippen LogP contribution in [0.4, 0.5) is 0 Å². The second kappa shape index (κ2) is 5.08. The predicted molar refractivity (Wildman–Crippen MR) is 85.2 cm³/mol. The van der Waals surface area contributed by atoms with Crippen LogP contribution in [0.25, 0.3) is 10.9 Å². The summed E-state index contributed by atoms with van der Waals surface area (Å²) >= 11 is 1.99. The van der Waals surface area contributed by atoms with Crippen LogP contribution >= 0.6 is 11.3 Å². The molecule has 2 nitrogen and oxygen atoms in total. The van der Waals surface area contributed by atoms with Crippen molar-refractivity contribution in [3.63, 3.8) is 0 Å². The molecule has 0 radical (unpaired) electrons. The van der Waals surface area contributed by atoms with E-state index in [1.807, 2.05) is 17.5 Å². The maximum absolute atomic E-state index is 3.59. The van der Waals surface area contributed by atoms with Crippen LogP contribution in [0.3, 0.4) is 0 Å². The number of rotatable bonds is 4. The number of thiophene rings is 1. The van der Waals surface area contributed by atoms with Crippen molar-refractivity contribution >= 4 is 22.2 Å². The molecule has 3 aromatic rings. The zero-order valence-corrected chi connectivity index (χ0v) is 12.2. The third kappa shape index (κ3) is 2.17. The lowest BCUT2D eigenvalue weighted by Gasteiger charge is -2.05. The molecule has 1 aliphatic carbocycles. The van der Waals surface area contributed by atoms with E-state index in [4.69, 9.17) is 0 Å². The Labute approximate surface area is 122 Å². The van der Waals surface area contributed by atoms with E-state index < -0.39 is 0 Å². The number of aromatic nitrogens is 1. The highest BCUT2D eigenvalue weighted by Crippen LogP contribution is 2.30. The number of fused-ring (bicyclic) bond motifs is 2. The zero-order chi connectivity index (χ0) is 13.4. The average molecular weight is 282 g/mol. The van der Waals surface area contributed by atoms with Gasteiger partial charge < -0.3 is 10.3 Å². The fourth-order valence-electron chi connectivity index (χ4n) is 3.10. The summed E-state index contributed by atoms with van der Waals surface area (Å²) in [6, 6.07) is 11.0. The number of aromatic amines is 1. The van der Waals surface area contributed by atoms with E-state index in [1.54, 1.807) is 10.4 Å². The van der Waals surface area contributed by atoms with Gasteiger partial charge in [0.15, 0.2) is 0 Å². The van der Waals surface area contributed by atoms with Gasteiger partial charge in [0.25, 0.3) is 0 Å². The molecule has 102 valence electrons. The molecule has 2 N–H and O–H groups in total. The fraction of sp³-hybridized carbons (Fsp3) is 0.294. The Bertz CT molecular complexity index is 717. The SMILES string of the molecule is c1cc(CNCc2cc3c(s2)CCC3)c2cc[nH]c2c1. The van der Waals surface area contributed by atoms with Gasteiger partial charge in [-0.1, -0.05) is 12.1 Å². The Kier molecular flexibility index (Phi) is 3.09. The van der Waals surface area contributed by atoms with Gasteiger partial charge in [-0.25, -0.2) is 0 Å². The number of hydrogen-bond acceptors (Lipinski definition) is 2. The smallest absolute Gasteiger partial charge is 0.0457 e. The van der Waals surface area contributed by atoms with Gasteiger partial charge in [0.2, 0.25) is 0 Å². The normalized spacial score (nSPS) is 14.0. The summed E-state index contributed by atoms with van der Waals surface area (Å²) in [6.07, 6.45) is 5.94. The van der Waals surface area contributed by atoms with Crippen molar-refractivity contribution in [1.82, 2.24) is 10.3 Å². The van der Waals surface area contributed by atoms with E-state index in [2.05, 4.69) is 40.6 Å². The van der Waals surface area contributed by atoms with Crippen molar-refractivity contribution in [3.8, 4) is 0 Å². The lowest BCUT2D eigenvalue weighted by atomic mass is 10.1. The highest BCUT2D eigenvalue weighted by Gasteiger charge is 2.14. The average Bonchev–Trinajstić information content (AvgIpc) is 3.13. The van der Waals surface area contributed by atoms with Crippen molar-refractivity contribution in [1.29, 1.82) is 0 Å². The Morgan fingerprint density at radius 1 is 1.15 bits per heavy atom. The third-order valence-electron chi connectivity index (χ3n) is 4.10. The van der Waals surface area contributed by atoms with Crippen LogP contribution in [0, 0.1) is 0 Å². The van der Waals surface area contributed by atoms with Gasteiger partial charge in [-0.15, -0.1) is 11.3 Å². The molecule has 2 heterocycles. The van der Waals surface area contributed by atoms with E-state index in [1.165, 1.54) is 40.6 Å². The molecule has 2 aromatic heterocycles. The number of H-pyrrole nitrogens is 1.